The molecule has 2 N–H and O–H groups in total. The van der Waals surface area contributed by atoms with Crippen molar-refractivity contribution in [2.24, 2.45) is 4.99 Å². The predicted molar refractivity (Wildman–Crippen MR) is 88.9 cm³/mol. The molecule has 1 aromatic rings. The Morgan fingerprint density at radius 1 is 1.43 bits per heavy atom. The smallest absolute Gasteiger partial charge is 0.316 e. The SMILES string of the molecule is CN(C)C(=O)NCCN=C1NC(Cc2ccccc2)CS1. The third-order valence-corrected chi connectivity index (χ3v) is 4.21. The highest BCUT2D eigenvalue weighted by Gasteiger charge is 2.20. The second-order valence-electron chi connectivity index (χ2n) is 5.16. The van der Waals surface area contributed by atoms with Crippen LogP contribution in [-0.2, 0) is 6.42 Å². The van der Waals surface area contributed by atoms with E-state index >= 15 is 0 Å². The highest BCUT2D eigenvalue weighted by atomic mass is 32.2. The molecule has 1 aromatic carbocycles. The summed E-state index contributed by atoms with van der Waals surface area (Å²) in [5.74, 6) is 1.04. The molecule has 1 aliphatic heterocycles. The lowest BCUT2D eigenvalue weighted by molar-refractivity contribution is 0.218. The number of hydrogen-bond acceptors (Lipinski definition) is 3. The Kier molecular flexibility index (Phi) is 5.92. The summed E-state index contributed by atoms with van der Waals surface area (Å²) in [5, 5.41) is 7.22. The van der Waals surface area contributed by atoms with Gasteiger partial charge >= 0.3 is 6.03 Å². The predicted octanol–water partition coefficient (Wildman–Crippen LogP) is 1.56. The molecule has 0 saturated carbocycles. The number of thioether (sulfide) groups is 1. The Hall–Kier alpha value is -1.69. The number of aliphatic imine (C=N–C) groups is 1. The van der Waals surface area contributed by atoms with E-state index in [4.69, 9.17) is 0 Å². The van der Waals surface area contributed by atoms with Crippen molar-refractivity contribution in [1.29, 1.82) is 0 Å². The van der Waals surface area contributed by atoms with Crippen LogP contribution < -0.4 is 10.6 Å². The Morgan fingerprint density at radius 2 is 2.19 bits per heavy atom. The maximum atomic E-state index is 11.3. The molecule has 1 unspecified atom stereocenters. The normalized spacial score (nSPS) is 19.3. The fourth-order valence-electron chi connectivity index (χ4n) is 2.02. The van der Waals surface area contributed by atoms with Crippen LogP contribution >= 0.6 is 11.8 Å². The van der Waals surface area contributed by atoms with Gasteiger partial charge in [-0.15, -0.1) is 0 Å². The number of carbonyl (C=O) groups is 1. The standard InChI is InChI=1S/C15H22N4OS/c1-19(2)15(20)17-9-8-16-14-18-13(11-21-14)10-12-6-4-3-5-7-12/h3-7,13H,8-11H2,1-2H3,(H,16,18)(H,17,20). The molecule has 1 fully saturated rings. The van der Waals surface area contributed by atoms with E-state index in [-0.39, 0.29) is 6.03 Å². The van der Waals surface area contributed by atoms with Gasteiger partial charge in [-0.3, -0.25) is 4.99 Å². The summed E-state index contributed by atoms with van der Waals surface area (Å²) in [6.45, 7) is 1.17. The lowest BCUT2D eigenvalue weighted by Crippen LogP contribution is -2.36. The molecule has 1 saturated heterocycles. The molecule has 0 radical (unpaired) electrons. The summed E-state index contributed by atoms with van der Waals surface area (Å²) in [7, 11) is 3.45. The monoisotopic (exact) mass is 306 g/mol. The first-order valence-electron chi connectivity index (χ1n) is 7.08. The van der Waals surface area contributed by atoms with Crippen LogP contribution in [0.3, 0.4) is 0 Å². The van der Waals surface area contributed by atoms with Gasteiger partial charge in [-0.05, 0) is 12.0 Å². The van der Waals surface area contributed by atoms with Crippen LogP contribution in [0.1, 0.15) is 5.56 Å². The third kappa shape index (κ3) is 5.30. The number of nitrogens with zero attached hydrogens (tertiary/aromatic N) is 2. The number of benzene rings is 1. The summed E-state index contributed by atoms with van der Waals surface area (Å²) in [4.78, 5) is 17.3. The van der Waals surface area contributed by atoms with Crippen molar-refractivity contribution in [3.63, 3.8) is 0 Å². The van der Waals surface area contributed by atoms with Gasteiger partial charge in [-0.25, -0.2) is 4.79 Å². The molecular weight excluding hydrogens is 284 g/mol. The number of carbonyl (C=O) groups excluding carboxylic acids is 1. The number of rotatable bonds is 5. The molecule has 5 nitrogen and oxygen atoms in total. The van der Waals surface area contributed by atoms with E-state index < -0.39 is 0 Å². The van der Waals surface area contributed by atoms with Gasteiger partial charge in [0.25, 0.3) is 0 Å². The van der Waals surface area contributed by atoms with E-state index in [0.29, 0.717) is 19.1 Å². The third-order valence-electron chi connectivity index (χ3n) is 3.12. The Labute approximate surface area is 130 Å². The number of hydrogen-bond donors (Lipinski definition) is 2. The zero-order chi connectivity index (χ0) is 15.1. The molecular formula is C15H22N4OS. The average Bonchev–Trinajstić information content (AvgIpc) is 2.92. The summed E-state index contributed by atoms with van der Waals surface area (Å²) in [6, 6.07) is 10.8. The minimum Gasteiger partial charge on any atom is -0.361 e. The van der Waals surface area contributed by atoms with Crippen molar-refractivity contribution in [3.8, 4) is 0 Å². The van der Waals surface area contributed by atoms with Crippen molar-refractivity contribution in [1.82, 2.24) is 15.5 Å². The fraction of sp³-hybridized carbons (Fsp3) is 0.467. The number of urea groups is 1. The summed E-state index contributed by atoms with van der Waals surface area (Å²) < 4.78 is 0. The first-order chi connectivity index (χ1) is 10.1. The molecule has 114 valence electrons. The van der Waals surface area contributed by atoms with Crippen LogP contribution in [0.15, 0.2) is 35.3 Å². The number of nitrogens with one attached hydrogen (secondary N) is 2. The lowest BCUT2D eigenvalue weighted by atomic mass is 10.1. The van der Waals surface area contributed by atoms with Crippen molar-refractivity contribution < 1.29 is 4.79 Å². The van der Waals surface area contributed by atoms with Crippen LogP contribution in [0.5, 0.6) is 0 Å². The van der Waals surface area contributed by atoms with Gasteiger partial charge in [0.1, 0.15) is 0 Å². The Morgan fingerprint density at radius 3 is 2.90 bits per heavy atom. The Balaban J connectivity index is 1.70. The van der Waals surface area contributed by atoms with Crippen LogP contribution in [0, 0.1) is 0 Å². The van der Waals surface area contributed by atoms with E-state index in [2.05, 4.69) is 39.9 Å². The molecule has 1 aliphatic rings. The Bertz CT molecular complexity index is 490. The molecule has 2 amide bonds. The maximum Gasteiger partial charge on any atom is 0.316 e. The largest absolute Gasteiger partial charge is 0.361 e. The minimum atomic E-state index is -0.0795. The molecule has 2 rings (SSSR count). The van der Waals surface area contributed by atoms with Crippen LogP contribution in [0.4, 0.5) is 4.79 Å². The topological polar surface area (TPSA) is 56.7 Å². The van der Waals surface area contributed by atoms with Gasteiger partial charge in [0, 0.05) is 32.4 Å². The number of amidine groups is 1. The van der Waals surface area contributed by atoms with Gasteiger partial charge in [0.05, 0.1) is 6.54 Å². The molecule has 0 aromatic heterocycles. The zero-order valence-corrected chi connectivity index (χ0v) is 13.3. The average molecular weight is 306 g/mol. The van der Waals surface area contributed by atoms with Crippen LogP contribution in [0.25, 0.3) is 0 Å². The van der Waals surface area contributed by atoms with Crippen LogP contribution in [0.2, 0.25) is 0 Å². The molecule has 21 heavy (non-hydrogen) atoms. The minimum absolute atomic E-state index is 0.0795. The van der Waals surface area contributed by atoms with Gasteiger partial charge in [0.15, 0.2) is 5.17 Å². The van der Waals surface area contributed by atoms with E-state index in [9.17, 15) is 4.79 Å². The van der Waals surface area contributed by atoms with Gasteiger partial charge in [-0.2, -0.15) is 0 Å². The summed E-state index contributed by atoms with van der Waals surface area (Å²) in [5.41, 5.74) is 1.34. The first kappa shape index (κ1) is 15.7. The van der Waals surface area contributed by atoms with Gasteiger partial charge in [-0.1, -0.05) is 42.1 Å². The molecule has 1 heterocycles. The quantitative estimate of drug-likeness (QED) is 0.812. The summed E-state index contributed by atoms with van der Waals surface area (Å²) in [6.07, 6.45) is 1.02. The molecule has 0 aliphatic carbocycles. The second kappa shape index (κ2) is 7.93. The van der Waals surface area contributed by atoms with Crippen molar-refractivity contribution in [2.45, 2.75) is 12.5 Å². The van der Waals surface area contributed by atoms with Gasteiger partial charge in [0.2, 0.25) is 0 Å². The summed E-state index contributed by atoms with van der Waals surface area (Å²) >= 11 is 1.75. The van der Waals surface area contributed by atoms with E-state index in [1.807, 2.05) is 6.07 Å². The fourth-order valence-corrected chi connectivity index (χ4v) is 3.01. The molecule has 1 atom stereocenters. The van der Waals surface area contributed by atoms with E-state index in [1.54, 1.807) is 25.9 Å². The van der Waals surface area contributed by atoms with Crippen LogP contribution in [-0.4, -0.2) is 55.1 Å². The van der Waals surface area contributed by atoms with E-state index in [1.165, 1.54) is 10.5 Å². The van der Waals surface area contributed by atoms with Gasteiger partial charge < -0.3 is 15.5 Å². The van der Waals surface area contributed by atoms with Crippen molar-refractivity contribution in [3.05, 3.63) is 35.9 Å². The van der Waals surface area contributed by atoms with Crippen molar-refractivity contribution >= 4 is 23.0 Å². The number of amides is 2. The maximum absolute atomic E-state index is 11.3. The molecule has 0 bridgehead atoms. The molecule has 0 spiro atoms. The second-order valence-corrected chi connectivity index (χ2v) is 6.16. The van der Waals surface area contributed by atoms with Crippen molar-refractivity contribution in [2.75, 3.05) is 32.9 Å². The molecule has 6 heteroatoms. The zero-order valence-electron chi connectivity index (χ0n) is 12.5. The highest BCUT2D eigenvalue weighted by molar-refractivity contribution is 8.14. The van der Waals surface area contributed by atoms with E-state index in [0.717, 1.165) is 17.3 Å². The highest BCUT2D eigenvalue weighted by Crippen LogP contribution is 2.17. The lowest BCUT2D eigenvalue weighted by Gasteiger charge is -2.11. The first-order valence-corrected chi connectivity index (χ1v) is 8.06.